The Kier molecular flexibility index (Phi) is 7.32. The van der Waals surface area contributed by atoms with Crippen LogP contribution >= 0.6 is 0 Å². The third-order valence-corrected chi connectivity index (χ3v) is 7.75. The third kappa shape index (κ3) is 6.36. The molecule has 0 aromatic heterocycles. The minimum absolute atomic E-state index is 0.0288. The summed E-state index contributed by atoms with van der Waals surface area (Å²) in [7, 11) is -7.51. The molecule has 0 unspecified atom stereocenters. The summed E-state index contributed by atoms with van der Waals surface area (Å²) in [6, 6.07) is 17.7. The molecule has 34 heavy (non-hydrogen) atoms. The number of carbonyl (C=O) groups excluding carboxylic acids is 1. The van der Waals surface area contributed by atoms with E-state index in [4.69, 9.17) is 0 Å². The monoisotopic (exact) mass is 501 g/mol. The lowest BCUT2D eigenvalue weighted by atomic mass is 10.1. The van der Waals surface area contributed by atoms with E-state index in [1.165, 1.54) is 24.3 Å². The maximum atomic E-state index is 12.7. The maximum Gasteiger partial charge on any atom is 0.261 e. The van der Waals surface area contributed by atoms with Crippen molar-refractivity contribution in [2.75, 3.05) is 27.1 Å². The fourth-order valence-electron chi connectivity index (χ4n) is 3.18. The molecule has 0 fully saturated rings. The summed E-state index contributed by atoms with van der Waals surface area (Å²) in [4.78, 5) is 12.6. The van der Waals surface area contributed by atoms with Crippen molar-refractivity contribution in [3.63, 3.8) is 0 Å². The summed E-state index contributed by atoms with van der Waals surface area (Å²) in [6.07, 6.45) is 1.03. The molecule has 0 aliphatic carbocycles. The summed E-state index contributed by atoms with van der Waals surface area (Å²) in [6.45, 7) is 5.30. The second-order valence-electron chi connectivity index (χ2n) is 8.08. The van der Waals surface area contributed by atoms with Crippen LogP contribution in [-0.2, 0) is 24.8 Å². The van der Waals surface area contributed by atoms with Gasteiger partial charge in [0.25, 0.3) is 10.0 Å². The Morgan fingerprint density at radius 3 is 1.94 bits per heavy atom. The molecule has 0 bridgehead atoms. The molecule has 0 saturated heterocycles. The van der Waals surface area contributed by atoms with Crippen LogP contribution in [0.25, 0.3) is 0 Å². The highest BCUT2D eigenvalue weighted by Crippen LogP contribution is 2.21. The number of nitrogens with one attached hydrogen (secondary N) is 2. The van der Waals surface area contributed by atoms with E-state index >= 15 is 0 Å². The second kappa shape index (κ2) is 9.86. The Hall–Kier alpha value is -3.37. The lowest BCUT2D eigenvalue weighted by molar-refractivity contribution is -0.114. The lowest BCUT2D eigenvalue weighted by Gasteiger charge is -2.22. The minimum atomic E-state index is -3.82. The molecule has 180 valence electrons. The smallest absolute Gasteiger partial charge is 0.261 e. The van der Waals surface area contributed by atoms with Crippen LogP contribution in [0.5, 0.6) is 0 Å². The van der Waals surface area contributed by atoms with Crippen molar-refractivity contribution in [3.05, 3.63) is 83.4 Å². The number of aryl methyl sites for hydroxylation is 3. The van der Waals surface area contributed by atoms with E-state index < -0.39 is 32.5 Å². The molecule has 0 aliphatic rings. The van der Waals surface area contributed by atoms with Crippen molar-refractivity contribution in [1.82, 2.24) is 0 Å². The highest BCUT2D eigenvalue weighted by atomic mass is 32.2. The number of benzene rings is 3. The molecule has 1 amide bonds. The van der Waals surface area contributed by atoms with E-state index in [0.717, 1.165) is 27.3 Å². The van der Waals surface area contributed by atoms with E-state index in [2.05, 4.69) is 10.0 Å². The second-order valence-corrected chi connectivity index (χ2v) is 11.7. The topological polar surface area (TPSA) is 113 Å². The molecule has 3 aromatic rings. The number of sulfonamides is 2. The van der Waals surface area contributed by atoms with E-state index in [1.807, 2.05) is 26.8 Å². The Balaban J connectivity index is 1.71. The zero-order chi connectivity index (χ0) is 25.1. The fourth-order valence-corrected chi connectivity index (χ4v) is 5.08. The Morgan fingerprint density at radius 1 is 0.794 bits per heavy atom. The minimum Gasteiger partial charge on any atom is -0.325 e. The number of carbonyl (C=O) groups is 1. The molecule has 0 spiro atoms. The Morgan fingerprint density at radius 2 is 1.38 bits per heavy atom. The average Bonchev–Trinajstić information content (AvgIpc) is 2.75. The van der Waals surface area contributed by atoms with Crippen molar-refractivity contribution in [3.8, 4) is 0 Å². The average molecular weight is 502 g/mol. The third-order valence-electron chi connectivity index (χ3n) is 5.22. The van der Waals surface area contributed by atoms with Crippen LogP contribution in [0.1, 0.15) is 16.7 Å². The summed E-state index contributed by atoms with van der Waals surface area (Å²) in [5.41, 5.74) is 4.16. The normalized spacial score (nSPS) is 11.6. The molecule has 0 aliphatic heterocycles. The maximum absolute atomic E-state index is 12.7. The lowest BCUT2D eigenvalue weighted by Crippen LogP contribution is -2.37. The number of amides is 1. The molecule has 0 saturated carbocycles. The van der Waals surface area contributed by atoms with Gasteiger partial charge in [-0.15, -0.1) is 0 Å². The van der Waals surface area contributed by atoms with Crippen LogP contribution < -0.4 is 14.3 Å². The zero-order valence-electron chi connectivity index (χ0n) is 19.4. The van der Waals surface area contributed by atoms with E-state index in [0.29, 0.717) is 17.1 Å². The molecular weight excluding hydrogens is 474 g/mol. The van der Waals surface area contributed by atoms with Crippen molar-refractivity contribution in [2.24, 2.45) is 0 Å². The van der Waals surface area contributed by atoms with Gasteiger partial charge in [0.2, 0.25) is 15.9 Å². The van der Waals surface area contributed by atoms with Crippen LogP contribution in [0.4, 0.5) is 17.1 Å². The SMILES string of the molecule is Cc1ccc(N(CC(=O)Nc2ccc(S(=O)(=O)Nc3ccc(C)c(C)c3)cc2)S(C)(=O)=O)cc1. The van der Waals surface area contributed by atoms with Crippen LogP contribution in [0.3, 0.4) is 0 Å². The van der Waals surface area contributed by atoms with Gasteiger partial charge in [-0.05, 0) is 80.4 Å². The van der Waals surface area contributed by atoms with Crippen molar-refractivity contribution >= 4 is 43.0 Å². The number of nitrogens with zero attached hydrogens (tertiary/aromatic N) is 1. The van der Waals surface area contributed by atoms with Crippen molar-refractivity contribution < 1.29 is 21.6 Å². The highest BCUT2D eigenvalue weighted by molar-refractivity contribution is 7.92. The summed E-state index contributed by atoms with van der Waals surface area (Å²) < 4.78 is 53.4. The number of hydrogen-bond acceptors (Lipinski definition) is 5. The molecule has 8 nitrogen and oxygen atoms in total. The standard InChI is InChI=1S/C24H27N3O5S2/c1-17-5-11-22(12-6-17)27(33(4,29)30)16-24(28)25-20-9-13-23(14-10-20)34(31,32)26-21-8-7-18(2)19(3)15-21/h5-15,26H,16H2,1-4H3,(H,25,28). The summed E-state index contributed by atoms with van der Waals surface area (Å²) >= 11 is 0. The first-order valence-electron chi connectivity index (χ1n) is 10.4. The van der Waals surface area contributed by atoms with E-state index in [9.17, 15) is 21.6 Å². The van der Waals surface area contributed by atoms with Crippen LogP contribution in [-0.4, -0.2) is 35.5 Å². The van der Waals surface area contributed by atoms with Gasteiger partial charge in [-0.3, -0.25) is 13.8 Å². The number of anilines is 3. The highest BCUT2D eigenvalue weighted by Gasteiger charge is 2.21. The van der Waals surface area contributed by atoms with Gasteiger partial charge in [0.05, 0.1) is 16.8 Å². The first-order valence-corrected chi connectivity index (χ1v) is 13.7. The Bertz CT molecular complexity index is 1400. The molecule has 0 radical (unpaired) electrons. The van der Waals surface area contributed by atoms with Gasteiger partial charge >= 0.3 is 0 Å². The van der Waals surface area contributed by atoms with Crippen molar-refractivity contribution in [1.29, 1.82) is 0 Å². The predicted octanol–water partition coefficient (Wildman–Crippen LogP) is 3.82. The van der Waals surface area contributed by atoms with Gasteiger partial charge in [-0.1, -0.05) is 23.8 Å². The predicted molar refractivity (Wildman–Crippen MR) is 135 cm³/mol. The molecule has 2 N–H and O–H groups in total. The summed E-state index contributed by atoms with van der Waals surface area (Å²) in [5, 5.41) is 2.61. The molecule has 0 atom stereocenters. The number of rotatable bonds is 8. The first kappa shape index (κ1) is 25.3. The van der Waals surface area contributed by atoms with Crippen molar-refractivity contribution in [2.45, 2.75) is 25.7 Å². The largest absolute Gasteiger partial charge is 0.325 e. The van der Waals surface area contributed by atoms with Gasteiger partial charge in [0.15, 0.2) is 0 Å². The molecular formula is C24H27N3O5S2. The summed E-state index contributed by atoms with van der Waals surface area (Å²) in [5.74, 6) is -0.560. The number of hydrogen-bond donors (Lipinski definition) is 2. The van der Waals surface area contributed by atoms with Gasteiger partial charge < -0.3 is 5.32 Å². The molecule has 10 heteroatoms. The first-order chi connectivity index (χ1) is 15.8. The quantitative estimate of drug-likeness (QED) is 0.487. The molecule has 0 heterocycles. The van der Waals surface area contributed by atoms with Gasteiger partial charge in [0, 0.05) is 11.4 Å². The van der Waals surface area contributed by atoms with Gasteiger partial charge in [0.1, 0.15) is 6.54 Å². The Labute approximate surface area is 200 Å². The molecule has 3 rings (SSSR count). The van der Waals surface area contributed by atoms with E-state index in [-0.39, 0.29) is 4.90 Å². The van der Waals surface area contributed by atoms with Gasteiger partial charge in [-0.2, -0.15) is 0 Å². The van der Waals surface area contributed by atoms with Crippen LogP contribution in [0.15, 0.2) is 71.6 Å². The fraction of sp³-hybridized carbons (Fsp3) is 0.208. The van der Waals surface area contributed by atoms with E-state index in [1.54, 1.807) is 36.4 Å². The zero-order valence-corrected chi connectivity index (χ0v) is 21.0. The van der Waals surface area contributed by atoms with Crippen LogP contribution in [0, 0.1) is 20.8 Å². The van der Waals surface area contributed by atoms with Crippen LogP contribution in [0.2, 0.25) is 0 Å². The molecule has 3 aromatic carbocycles. The van der Waals surface area contributed by atoms with Gasteiger partial charge in [-0.25, -0.2) is 16.8 Å².